The van der Waals surface area contributed by atoms with Crippen molar-refractivity contribution in [2.45, 2.75) is 47.0 Å². The van der Waals surface area contributed by atoms with E-state index in [0.717, 1.165) is 0 Å². The van der Waals surface area contributed by atoms with E-state index in [9.17, 15) is 0 Å². The van der Waals surface area contributed by atoms with E-state index >= 15 is 0 Å². The average Bonchev–Trinajstić information content (AvgIpc) is 2.17. The van der Waals surface area contributed by atoms with E-state index in [4.69, 9.17) is 0 Å². The summed E-state index contributed by atoms with van der Waals surface area (Å²) in [5, 5.41) is 2.82. The minimum Gasteiger partial charge on any atom is -0.0587 e. The number of hydrogen-bond acceptors (Lipinski definition) is 0. The summed E-state index contributed by atoms with van der Waals surface area (Å²) < 4.78 is 0. The molecular formula is C17H22. The van der Waals surface area contributed by atoms with Gasteiger partial charge in [-0.1, -0.05) is 50.6 Å². The monoisotopic (exact) mass is 226 g/mol. The SMILES string of the molecule is Cc1ccc2c(C(C)(C)C)c(C)cc(C)c2c1. The fraction of sp³-hybridized carbons (Fsp3) is 0.412. The van der Waals surface area contributed by atoms with Crippen LogP contribution in [0.3, 0.4) is 0 Å². The summed E-state index contributed by atoms with van der Waals surface area (Å²) in [6.45, 7) is 13.5. The van der Waals surface area contributed by atoms with Crippen molar-refractivity contribution >= 4 is 10.8 Å². The highest BCUT2D eigenvalue weighted by Crippen LogP contribution is 2.34. The van der Waals surface area contributed by atoms with E-state index in [0.29, 0.717) is 0 Å². The highest BCUT2D eigenvalue weighted by atomic mass is 14.2. The Bertz CT molecular complexity index is 569. The summed E-state index contributed by atoms with van der Waals surface area (Å²) in [4.78, 5) is 0. The van der Waals surface area contributed by atoms with Crippen LogP contribution in [0.1, 0.15) is 43.0 Å². The molecule has 0 aliphatic heterocycles. The lowest BCUT2D eigenvalue weighted by atomic mass is 9.79. The third-order valence-electron chi connectivity index (χ3n) is 3.45. The van der Waals surface area contributed by atoms with Crippen LogP contribution >= 0.6 is 0 Å². The lowest BCUT2D eigenvalue weighted by Gasteiger charge is -2.25. The van der Waals surface area contributed by atoms with E-state index in [1.807, 2.05) is 0 Å². The third kappa shape index (κ3) is 2.09. The first-order valence-electron chi connectivity index (χ1n) is 6.32. The van der Waals surface area contributed by atoms with Crippen molar-refractivity contribution < 1.29 is 0 Å². The summed E-state index contributed by atoms with van der Waals surface area (Å²) >= 11 is 0. The van der Waals surface area contributed by atoms with Gasteiger partial charge in [0.15, 0.2) is 0 Å². The van der Waals surface area contributed by atoms with Gasteiger partial charge in [0.2, 0.25) is 0 Å². The zero-order valence-corrected chi connectivity index (χ0v) is 11.8. The van der Waals surface area contributed by atoms with Crippen LogP contribution < -0.4 is 0 Å². The molecule has 0 fully saturated rings. The summed E-state index contributed by atoms with van der Waals surface area (Å²) in [5.74, 6) is 0. The zero-order chi connectivity index (χ0) is 12.8. The summed E-state index contributed by atoms with van der Waals surface area (Å²) in [5.41, 5.74) is 5.81. The minimum atomic E-state index is 0.200. The molecule has 2 rings (SSSR count). The lowest BCUT2D eigenvalue weighted by Crippen LogP contribution is -2.14. The lowest BCUT2D eigenvalue weighted by molar-refractivity contribution is 0.592. The Morgan fingerprint density at radius 2 is 1.41 bits per heavy atom. The topological polar surface area (TPSA) is 0 Å². The molecule has 0 amide bonds. The number of fused-ring (bicyclic) bond motifs is 1. The van der Waals surface area contributed by atoms with Crippen molar-refractivity contribution in [2.24, 2.45) is 0 Å². The van der Waals surface area contributed by atoms with Crippen molar-refractivity contribution in [1.29, 1.82) is 0 Å². The molecule has 0 radical (unpaired) electrons. The predicted molar refractivity (Wildman–Crippen MR) is 76.9 cm³/mol. The minimum absolute atomic E-state index is 0.200. The van der Waals surface area contributed by atoms with Crippen LogP contribution in [-0.2, 0) is 5.41 Å². The molecule has 0 bridgehead atoms. The van der Waals surface area contributed by atoms with Crippen LogP contribution in [0, 0.1) is 20.8 Å². The van der Waals surface area contributed by atoms with Gasteiger partial charge in [-0.2, -0.15) is 0 Å². The highest BCUT2D eigenvalue weighted by Gasteiger charge is 2.20. The fourth-order valence-corrected chi connectivity index (χ4v) is 2.88. The molecule has 0 atom stereocenters. The standard InChI is InChI=1S/C17H22/c1-11-7-8-14-15(9-11)12(2)10-13(3)16(14)17(4,5)6/h7-10H,1-6H3. The molecule has 0 heterocycles. The summed E-state index contributed by atoms with van der Waals surface area (Å²) in [6.07, 6.45) is 0. The van der Waals surface area contributed by atoms with Crippen molar-refractivity contribution in [2.75, 3.05) is 0 Å². The van der Waals surface area contributed by atoms with Gasteiger partial charge < -0.3 is 0 Å². The molecule has 0 heteroatoms. The molecule has 0 saturated carbocycles. The first kappa shape index (κ1) is 12.2. The number of rotatable bonds is 0. The van der Waals surface area contributed by atoms with Crippen molar-refractivity contribution in [3.63, 3.8) is 0 Å². The quantitative estimate of drug-likeness (QED) is 0.589. The van der Waals surface area contributed by atoms with Crippen LogP contribution in [-0.4, -0.2) is 0 Å². The maximum absolute atomic E-state index is 2.32. The van der Waals surface area contributed by atoms with Gasteiger partial charge in [0, 0.05) is 0 Å². The third-order valence-corrected chi connectivity index (χ3v) is 3.45. The number of aryl methyl sites for hydroxylation is 3. The Labute approximate surface area is 105 Å². The van der Waals surface area contributed by atoms with Gasteiger partial charge in [-0.3, -0.25) is 0 Å². The maximum atomic E-state index is 2.32. The molecule has 2 aromatic rings. The predicted octanol–water partition coefficient (Wildman–Crippen LogP) is 5.06. The molecule has 0 spiro atoms. The average molecular weight is 226 g/mol. The molecule has 0 unspecified atom stereocenters. The molecule has 0 aliphatic rings. The van der Waals surface area contributed by atoms with Crippen LogP contribution in [0.4, 0.5) is 0 Å². The van der Waals surface area contributed by atoms with Crippen LogP contribution in [0.5, 0.6) is 0 Å². The molecule has 0 nitrogen and oxygen atoms in total. The Morgan fingerprint density at radius 3 is 2.00 bits per heavy atom. The van der Waals surface area contributed by atoms with Gasteiger partial charge in [-0.25, -0.2) is 0 Å². The van der Waals surface area contributed by atoms with Gasteiger partial charge in [0.05, 0.1) is 0 Å². The fourth-order valence-electron chi connectivity index (χ4n) is 2.88. The van der Waals surface area contributed by atoms with Gasteiger partial charge in [-0.15, -0.1) is 0 Å². The Kier molecular flexibility index (Phi) is 2.77. The van der Waals surface area contributed by atoms with Gasteiger partial charge in [-0.05, 0) is 53.6 Å². The molecule has 0 N–H and O–H groups in total. The van der Waals surface area contributed by atoms with E-state index in [-0.39, 0.29) is 5.41 Å². The Hall–Kier alpha value is -1.30. The van der Waals surface area contributed by atoms with Gasteiger partial charge in [0.25, 0.3) is 0 Å². The second kappa shape index (κ2) is 3.87. The maximum Gasteiger partial charge on any atom is -0.0123 e. The highest BCUT2D eigenvalue weighted by molar-refractivity contribution is 5.91. The van der Waals surface area contributed by atoms with Crippen LogP contribution in [0.15, 0.2) is 24.3 Å². The molecule has 17 heavy (non-hydrogen) atoms. The van der Waals surface area contributed by atoms with Crippen LogP contribution in [0.2, 0.25) is 0 Å². The molecule has 2 aromatic carbocycles. The molecular weight excluding hydrogens is 204 g/mol. The van der Waals surface area contributed by atoms with E-state index < -0.39 is 0 Å². The molecule has 0 aromatic heterocycles. The van der Waals surface area contributed by atoms with Crippen molar-refractivity contribution in [3.05, 3.63) is 46.5 Å². The Balaban J connectivity index is 2.93. The van der Waals surface area contributed by atoms with E-state index in [1.54, 1.807) is 0 Å². The second-order valence-corrected chi connectivity index (χ2v) is 6.18. The molecule has 90 valence electrons. The number of hydrogen-bond donors (Lipinski definition) is 0. The first-order chi connectivity index (χ1) is 7.80. The summed E-state index contributed by atoms with van der Waals surface area (Å²) in [7, 11) is 0. The van der Waals surface area contributed by atoms with Gasteiger partial charge in [0.1, 0.15) is 0 Å². The molecule has 0 aliphatic carbocycles. The van der Waals surface area contributed by atoms with Gasteiger partial charge >= 0.3 is 0 Å². The van der Waals surface area contributed by atoms with Crippen LogP contribution in [0.25, 0.3) is 10.8 Å². The molecule has 0 saturated heterocycles. The van der Waals surface area contributed by atoms with E-state index in [2.05, 4.69) is 65.8 Å². The summed E-state index contributed by atoms with van der Waals surface area (Å²) in [6, 6.07) is 9.13. The Morgan fingerprint density at radius 1 is 0.765 bits per heavy atom. The van der Waals surface area contributed by atoms with Crippen molar-refractivity contribution in [1.82, 2.24) is 0 Å². The smallest absolute Gasteiger partial charge is 0.0123 e. The normalized spacial score (nSPS) is 12.1. The van der Waals surface area contributed by atoms with Crippen molar-refractivity contribution in [3.8, 4) is 0 Å². The largest absolute Gasteiger partial charge is 0.0587 e. The zero-order valence-electron chi connectivity index (χ0n) is 11.8. The van der Waals surface area contributed by atoms with E-state index in [1.165, 1.54) is 33.0 Å². The second-order valence-electron chi connectivity index (χ2n) is 6.18. The number of benzene rings is 2. The first-order valence-corrected chi connectivity index (χ1v) is 6.32.